The van der Waals surface area contributed by atoms with E-state index in [9.17, 15) is 4.79 Å². The summed E-state index contributed by atoms with van der Waals surface area (Å²) < 4.78 is 5.28. The Balaban J connectivity index is 2.12. The minimum Gasteiger partial charge on any atom is -0.341 e. The van der Waals surface area contributed by atoms with Crippen LogP contribution in [0.4, 0.5) is 0 Å². The number of amides is 1. The summed E-state index contributed by atoms with van der Waals surface area (Å²) >= 11 is 0. The Hall–Kier alpha value is -1.43. The van der Waals surface area contributed by atoms with Gasteiger partial charge in [-0.15, -0.1) is 0 Å². The van der Waals surface area contributed by atoms with Gasteiger partial charge in [0.05, 0.1) is 12.0 Å². The summed E-state index contributed by atoms with van der Waals surface area (Å²) in [4.78, 5) is 18.1. The van der Waals surface area contributed by atoms with Crippen molar-refractivity contribution in [3.63, 3.8) is 0 Å². The maximum absolute atomic E-state index is 11.9. The molecule has 2 rings (SSSR count). The van der Waals surface area contributed by atoms with Crippen LogP contribution in [0.25, 0.3) is 0 Å². The molecule has 1 N–H and O–H groups in total. The Morgan fingerprint density at radius 2 is 2.39 bits per heavy atom. The average molecular weight is 252 g/mol. The van der Waals surface area contributed by atoms with E-state index < -0.39 is 0 Å². The molecule has 1 atom stereocenters. The molecule has 1 saturated heterocycles. The lowest BCUT2D eigenvalue weighted by Gasteiger charge is -2.38. The van der Waals surface area contributed by atoms with Gasteiger partial charge in [0.2, 0.25) is 11.8 Å². The van der Waals surface area contributed by atoms with Crippen molar-refractivity contribution in [2.24, 2.45) is 0 Å². The molecule has 0 saturated carbocycles. The molecule has 1 aromatic rings. The number of carbonyl (C=O) groups is 1. The Morgan fingerprint density at radius 3 is 3.00 bits per heavy atom. The summed E-state index contributed by atoms with van der Waals surface area (Å²) in [6.07, 6.45) is 1.94. The number of aryl methyl sites for hydroxylation is 1. The Labute approximate surface area is 107 Å². The third-order valence-electron chi connectivity index (χ3n) is 3.42. The average Bonchev–Trinajstić information content (AvgIpc) is 2.77. The normalized spacial score (nSPS) is 24.3. The standard InChI is InChI=1S/C12H20N4O2/c1-9-14-11(18-15-9)12(2)5-4-6-16(8-12)10(17)7-13-3/h13H,4-8H2,1-3H3. The largest absolute Gasteiger partial charge is 0.341 e. The summed E-state index contributed by atoms with van der Waals surface area (Å²) in [5, 5.41) is 6.73. The van der Waals surface area contributed by atoms with Gasteiger partial charge < -0.3 is 14.7 Å². The molecule has 0 bridgehead atoms. The number of hydrogen-bond donors (Lipinski definition) is 1. The number of carbonyl (C=O) groups excluding carboxylic acids is 1. The van der Waals surface area contributed by atoms with Crippen LogP contribution in [0, 0.1) is 6.92 Å². The SMILES string of the molecule is CNCC(=O)N1CCCC(C)(c2nc(C)no2)C1. The first kappa shape index (κ1) is 13.0. The van der Waals surface area contributed by atoms with Crippen molar-refractivity contribution in [1.82, 2.24) is 20.4 Å². The van der Waals surface area contributed by atoms with Crippen molar-refractivity contribution in [1.29, 1.82) is 0 Å². The van der Waals surface area contributed by atoms with Crippen LogP contribution in [0.2, 0.25) is 0 Å². The highest BCUT2D eigenvalue weighted by Gasteiger charge is 2.38. The fourth-order valence-corrected chi connectivity index (χ4v) is 2.43. The van der Waals surface area contributed by atoms with E-state index in [1.807, 2.05) is 11.8 Å². The highest BCUT2D eigenvalue weighted by molar-refractivity contribution is 5.78. The van der Waals surface area contributed by atoms with Crippen molar-refractivity contribution in [2.75, 3.05) is 26.7 Å². The molecule has 1 aromatic heterocycles. The number of hydrogen-bond acceptors (Lipinski definition) is 5. The number of aromatic nitrogens is 2. The molecule has 6 heteroatoms. The van der Waals surface area contributed by atoms with E-state index in [-0.39, 0.29) is 11.3 Å². The van der Waals surface area contributed by atoms with Crippen LogP contribution < -0.4 is 5.32 Å². The zero-order chi connectivity index (χ0) is 13.2. The summed E-state index contributed by atoms with van der Waals surface area (Å²) in [5.74, 6) is 1.41. The molecule has 0 aliphatic carbocycles. The van der Waals surface area contributed by atoms with E-state index in [4.69, 9.17) is 4.52 Å². The van der Waals surface area contributed by atoms with Gasteiger partial charge in [-0.3, -0.25) is 4.79 Å². The first-order valence-corrected chi connectivity index (χ1v) is 6.28. The third-order valence-corrected chi connectivity index (χ3v) is 3.42. The molecule has 1 unspecified atom stereocenters. The molecule has 1 amide bonds. The molecule has 1 aliphatic heterocycles. The van der Waals surface area contributed by atoms with E-state index in [1.54, 1.807) is 7.05 Å². The van der Waals surface area contributed by atoms with Crippen LogP contribution in [-0.4, -0.2) is 47.6 Å². The van der Waals surface area contributed by atoms with Crippen LogP contribution in [0.5, 0.6) is 0 Å². The minimum absolute atomic E-state index is 0.125. The zero-order valence-electron chi connectivity index (χ0n) is 11.2. The van der Waals surface area contributed by atoms with Gasteiger partial charge in [0.1, 0.15) is 0 Å². The Morgan fingerprint density at radius 1 is 1.61 bits per heavy atom. The lowest BCUT2D eigenvalue weighted by molar-refractivity contribution is -0.132. The predicted molar refractivity (Wildman–Crippen MR) is 66.1 cm³/mol. The second kappa shape index (κ2) is 5.06. The highest BCUT2D eigenvalue weighted by Crippen LogP contribution is 2.32. The van der Waals surface area contributed by atoms with Crippen LogP contribution in [0.1, 0.15) is 31.5 Å². The quantitative estimate of drug-likeness (QED) is 0.847. The molecule has 1 aliphatic rings. The van der Waals surface area contributed by atoms with Gasteiger partial charge in [-0.1, -0.05) is 5.16 Å². The summed E-state index contributed by atoms with van der Waals surface area (Å²) in [5.41, 5.74) is -0.219. The lowest BCUT2D eigenvalue weighted by atomic mass is 9.81. The molecule has 1 fully saturated rings. The van der Waals surface area contributed by atoms with Gasteiger partial charge in [0.25, 0.3) is 0 Å². The highest BCUT2D eigenvalue weighted by atomic mass is 16.5. The lowest BCUT2D eigenvalue weighted by Crippen LogP contribution is -2.49. The smallest absolute Gasteiger partial charge is 0.236 e. The van der Waals surface area contributed by atoms with Crippen molar-refractivity contribution in [2.45, 2.75) is 32.1 Å². The van der Waals surface area contributed by atoms with Crippen molar-refractivity contribution < 1.29 is 9.32 Å². The summed E-state index contributed by atoms with van der Waals surface area (Å²) in [7, 11) is 1.78. The first-order valence-electron chi connectivity index (χ1n) is 6.28. The van der Waals surface area contributed by atoms with Crippen LogP contribution >= 0.6 is 0 Å². The molecular formula is C12H20N4O2. The molecule has 0 aromatic carbocycles. The van der Waals surface area contributed by atoms with Gasteiger partial charge >= 0.3 is 0 Å². The van der Waals surface area contributed by atoms with E-state index >= 15 is 0 Å². The van der Waals surface area contributed by atoms with Gasteiger partial charge in [0, 0.05) is 13.1 Å². The summed E-state index contributed by atoms with van der Waals surface area (Å²) in [6, 6.07) is 0. The predicted octanol–water partition coefficient (Wildman–Crippen LogP) is 0.478. The zero-order valence-corrected chi connectivity index (χ0v) is 11.2. The molecule has 0 radical (unpaired) electrons. The third kappa shape index (κ3) is 2.53. The fraction of sp³-hybridized carbons (Fsp3) is 0.750. The number of nitrogens with zero attached hydrogens (tertiary/aromatic N) is 3. The second-order valence-electron chi connectivity index (χ2n) is 5.16. The maximum atomic E-state index is 11.9. The van der Waals surface area contributed by atoms with Crippen molar-refractivity contribution >= 4 is 5.91 Å². The van der Waals surface area contributed by atoms with Gasteiger partial charge in [-0.25, -0.2) is 0 Å². The van der Waals surface area contributed by atoms with Gasteiger partial charge in [-0.05, 0) is 33.7 Å². The van der Waals surface area contributed by atoms with E-state index in [1.165, 1.54) is 0 Å². The second-order valence-corrected chi connectivity index (χ2v) is 5.16. The van der Waals surface area contributed by atoms with E-state index in [2.05, 4.69) is 22.4 Å². The van der Waals surface area contributed by atoms with Crippen LogP contribution in [-0.2, 0) is 10.2 Å². The molecule has 100 valence electrons. The van der Waals surface area contributed by atoms with Gasteiger partial charge in [-0.2, -0.15) is 4.98 Å². The van der Waals surface area contributed by atoms with Crippen LogP contribution in [0.3, 0.4) is 0 Å². The van der Waals surface area contributed by atoms with Crippen molar-refractivity contribution in [3.8, 4) is 0 Å². The molecule has 6 nitrogen and oxygen atoms in total. The Bertz CT molecular complexity index is 431. The maximum Gasteiger partial charge on any atom is 0.236 e. The van der Waals surface area contributed by atoms with E-state index in [0.29, 0.717) is 24.8 Å². The molecule has 0 spiro atoms. The molecule has 2 heterocycles. The van der Waals surface area contributed by atoms with Gasteiger partial charge in [0.15, 0.2) is 5.82 Å². The number of piperidine rings is 1. The number of rotatable bonds is 3. The summed E-state index contributed by atoms with van der Waals surface area (Å²) in [6.45, 7) is 5.72. The first-order chi connectivity index (χ1) is 8.55. The van der Waals surface area contributed by atoms with Crippen molar-refractivity contribution in [3.05, 3.63) is 11.7 Å². The van der Waals surface area contributed by atoms with Crippen LogP contribution in [0.15, 0.2) is 4.52 Å². The van der Waals surface area contributed by atoms with E-state index in [0.717, 1.165) is 19.4 Å². The number of nitrogens with one attached hydrogen (secondary N) is 1. The number of likely N-dealkylation sites (N-methyl/N-ethyl adjacent to an activating group) is 1. The molecular weight excluding hydrogens is 232 g/mol. The Kier molecular flexibility index (Phi) is 3.65. The molecule has 18 heavy (non-hydrogen) atoms. The monoisotopic (exact) mass is 252 g/mol. The number of likely N-dealkylation sites (tertiary alicyclic amines) is 1. The minimum atomic E-state index is -0.219. The fourth-order valence-electron chi connectivity index (χ4n) is 2.43. The topological polar surface area (TPSA) is 71.3 Å².